The van der Waals surface area contributed by atoms with Crippen molar-refractivity contribution in [3.05, 3.63) is 72.8 Å². The maximum Gasteiger partial charge on any atom is 0.0927 e. The first-order valence-corrected chi connectivity index (χ1v) is 9.67. The van der Waals surface area contributed by atoms with Crippen LogP contribution >= 0.6 is 0 Å². The molecule has 3 aromatic carbocycles. The van der Waals surface area contributed by atoms with Crippen LogP contribution < -0.4 is 9.97 Å². The van der Waals surface area contributed by atoms with Crippen LogP contribution in [0.4, 0.5) is 0 Å². The minimum absolute atomic E-state index is 0.607. The van der Waals surface area contributed by atoms with Crippen LogP contribution in [0.25, 0.3) is 66.9 Å². The fraction of sp³-hybridized carbons (Fsp3) is 0. The SMILES string of the molecule is c1ccc2c(c1)-c1nc-2nc2[n-]c(nc3[n-]c(n1)c1ccccc31)c1ccccc21. The molecule has 1 aliphatic rings. The van der Waals surface area contributed by atoms with E-state index < -0.39 is 0 Å². The van der Waals surface area contributed by atoms with Crippen molar-refractivity contribution < 1.29 is 0 Å². The van der Waals surface area contributed by atoms with Gasteiger partial charge in [0.15, 0.2) is 0 Å². The lowest BCUT2D eigenvalue weighted by Gasteiger charge is -2.00. The Balaban J connectivity index is 1.79. The average Bonchev–Trinajstić information content (AvgIpc) is 3.43. The van der Waals surface area contributed by atoms with Crippen LogP contribution in [0, 0.1) is 0 Å². The lowest BCUT2D eigenvalue weighted by molar-refractivity contribution is 1.20. The van der Waals surface area contributed by atoms with Gasteiger partial charge in [-0.15, -0.1) is 0 Å². The number of fused-ring (bicyclic) bond motifs is 15. The lowest BCUT2D eigenvalue weighted by atomic mass is 10.1. The highest BCUT2D eigenvalue weighted by Gasteiger charge is 2.14. The van der Waals surface area contributed by atoms with Crippen molar-refractivity contribution in [1.82, 2.24) is 29.9 Å². The molecule has 0 atom stereocenters. The van der Waals surface area contributed by atoms with Crippen molar-refractivity contribution in [2.24, 2.45) is 0 Å². The largest absolute Gasteiger partial charge is 0.357 e. The Bertz CT molecular complexity index is 1580. The van der Waals surface area contributed by atoms with E-state index in [2.05, 4.69) is 0 Å². The molecule has 30 heavy (non-hydrogen) atoms. The third-order valence-corrected chi connectivity index (χ3v) is 5.50. The van der Waals surface area contributed by atoms with E-state index in [-0.39, 0.29) is 0 Å². The zero-order valence-corrected chi connectivity index (χ0v) is 15.6. The number of aromatic nitrogens is 6. The summed E-state index contributed by atoms with van der Waals surface area (Å²) in [6.07, 6.45) is 0. The standard InChI is InChI=1S/C24H12N6/c1-2-8-14-13(7-1)19-25-20(14)29-22-17-11-5-6-12-18(17)24(27-22)30-23-16-10-4-3-9-15(16)21(26-23)28-19/h1-12H/q-2. The molecule has 6 bridgehead atoms. The van der Waals surface area contributed by atoms with Crippen molar-refractivity contribution >= 4 is 44.1 Å². The first kappa shape index (κ1) is 15.6. The van der Waals surface area contributed by atoms with Gasteiger partial charge in [-0.3, -0.25) is 0 Å². The molecule has 6 nitrogen and oxygen atoms in total. The maximum absolute atomic E-state index is 4.82. The minimum Gasteiger partial charge on any atom is -0.357 e. The van der Waals surface area contributed by atoms with Gasteiger partial charge in [-0.1, -0.05) is 72.8 Å². The molecule has 3 aromatic heterocycles. The molecule has 6 heteroatoms. The van der Waals surface area contributed by atoms with E-state index >= 15 is 0 Å². The third kappa shape index (κ3) is 2.07. The van der Waals surface area contributed by atoms with E-state index in [4.69, 9.17) is 29.9 Å². The molecule has 0 aliphatic carbocycles. The van der Waals surface area contributed by atoms with Gasteiger partial charge in [0, 0.05) is 33.7 Å². The van der Waals surface area contributed by atoms with Gasteiger partial charge in [0.2, 0.25) is 0 Å². The van der Waals surface area contributed by atoms with Crippen LogP contribution in [0.1, 0.15) is 0 Å². The Labute approximate surface area is 170 Å². The quantitative estimate of drug-likeness (QED) is 0.381. The summed E-state index contributed by atoms with van der Waals surface area (Å²) in [5, 5.41) is 3.77. The number of hydrogen-bond donors (Lipinski definition) is 0. The Morgan fingerprint density at radius 3 is 1.20 bits per heavy atom. The first-order chi connectivity index (χ1) is 14.8. The molecule has 140 valence electrons. The molecule has 6 aromatic rings. The van der Waals surface area contributed by atoms with Crippen LogP contribution in [0.2, 0.25) is 0 Å². The summed E-state index contributed by atoms with van der Waals surface area (Å²) in [5.41, 5.74) is 4.31. The van der Waals surface area contributed by atoms with E-state index in [1.807, 2.05) is 72.8 Å². The van der Waals surface area contributed by atoms with Crippen LogP contribution in [-0.4, -0.2) is 19.9 Å². The summed E-state index contributed by atoms with van der Waals surface area (Å²) in [5.74, 6) is 1.21. The van der Waals surface area contributed by atoms with Crippen molar-refractivity contribution in [2.45, 2.75) is 0 Å². The van der Waals surface area contributed by atoms with Crippen LogP contribution in [0.3, 0.4) is 0 Å². The van der Waals surface area contributed by atoms with E-state index in [0.717, 1.165) is 32.7 Å². The Morgan fingerprint density at radius 2 is 0.767 bits per heavy atom. The van der Waals surface area contributed by atoms with Crippen molar-refractivity contribution in [2.75, 3.05) is 0 Å². The molecule has 7 rings (SSSR count). The van der Waals surface area contributed by atoms with Gasteiger partial charge in [0.05, 0.1) is 11.6 Å². The molecule has 0 unspecified atom stereocenters. The summed E-state index contributed by atoms with van der Waals surface area (Å²) in [6, 6.07) is 24.0. The second-order valence-electron chi connectivity index (χ2n) is 7.25. The van der Waals surface area contributed by atoms with E-state index in [1.165, 1.54) is 0 Å². The normalized spacial score (nSPS) is 12.0. The summed E-state index contributed by atoms with van der Waals surface area (Å²) in [6.45, 7) is 0. The molecular formula is C24H12N6-2. The van der Waals surface area contributed by atoms with Crippen LogP contribution in [0.5, 0.6) is 0 Å². The monoisotopic (exact) mass is 384 g/mol. The van der Waals surface area contributed by atoms with Crippen LogP contribution in [-0.2, 0) is 0 Å². The van der Waals surface area contributed by atoms with Crippen LogP contribution in [0.15, 0.2) is 72.8 Å². The van der Waals surface area contributed by atoms with Gasteiger partial charge in [-0.2, -0.15) is 0 Å². The first-order valence-electron chi connectivity index (χ1n) is 9.67. The molecule has 1 aliphatic heterocycles. The number of rotatable bonds is 0. The Kier molecular flexibility index (Phi) is 2.91. The lowest BCUT2D eigenvalue weighted by Crippen LogP contribution is -1.84. The zero-order chi connectivity index (χ0) is 19.7. The van der Waals surface area contributed by atoms with Gasteiger partial charge in [0.25, 0.3) is 0 Å². The fourth-order valence-electron chi connectivity index (χ4n) is 4.09. The molecule has 0 fully saturated rings. The predicted molar refractivity (Wildman–Crippen MR) is 116 cm³/mol. The second-order valence-corrected chi connectivity index (χ2v) is 7.25. The molecule has 0 spiro atoms. The van der Waals surface area contributed by atoms with Crippen molar-refractivity contribution in [1.29, 1.82) is 0 Å². The van der Waals surface area contributed by atoms with Gasteiger partial charge in [-0.25, -0.2) is 4.98 Å². The van der Waals surface area contributed by atoms with Gasteiger partial charge < -0.3 is 24.9 Å². The van der Waals surface area contributed by atoms with E-state index in [9.17, 15) is 0 Å². The van der Waals surface area contributed by atoms with Crippen molar-refractivity contribution in [3.63, 3.8) is 0 Å². The molecule has 0 saturated heterocycles. The molecule has 0 amide bonds. The van der Waals surface area contributed by atoms with Gasteiger partial charge in [-0.05, 0) is 21.5 Å². The predicted octanol–water partition coefficient (Wildman–Crippen LogP) is 4.57. The fourth-order valence-corrected chi connectivity index (χ4v) is 4.09. The summed E-state index contributed by atoms with van der Waals surface area (Å²) < 4.78 is 0. The minimum atomic E-state index is 0.607. The van der Waals surface area contributed by atoms with Crippen molar-refractivity contribution in [3.8, 4) is 22.8 Å². The number of benzene rings is 3. The summed E-state index contributed by atoms with van der Waals surface area (Å²) in [7, 11) is 0. The summed E-state index contributed by atoms with van der Waals surface area (Å²) >= 11 is 0. The second kappa shape index (κ2) is 5.61. The number of hydrogen-bond acceptors (Lipinski definition) is 4. The summed E-state index contributed by atoms with van der Waals surface area (Å²) in [4.78, 5) is 28.7. The molecule has 4 heterocycles. The Morgan fingerprint density at radius 1 is 0.400 bits per heavy atom. The molecule has 0 radical (unpaired) electrons. The molecule has 0 N–H and O–H groups in total. The average molecular weight is 384 g/mol. The highest BCUT2D eigenvalue weighted by atomic mass is 15.0. The topological polar surface area (TPSA) is 79.8 Å². The highest BCUT2D eigenvalue weighted by Crippen LogP contribution is 2.34. The van der Waals surface area contributed by atoms with Gasteiger partial charge in [0.1, 0.15) is 0 Å². The zero-order valence-electron chi connectivity index (χ0n) is 15.6. The third-order valence-electron chi connectivity index (χ3n) is 5.50. The maximum atomic E-state index is 4.82. The van der Waals surface area contributed by atoms with E-state index in [0.29, 0.717) is 34.2 Å². The smallest absolute Gasteiger partial charge is 0.0927 e. The molecule has 0 saturated carbocycles. The molecular weight excluding hydrogens is 372 g/mol. The number of nitrogens with zero attached hydrogens (tertiary/aromatic N) is 6. The Hall–Kier alpha value is -4.32. The highest BCUT2D eigenvalue weighted by molar-refractivity contribution is 6.07. The van der Waals surface area contributed by atoms with E-state index in [1.54, 1.807) is 0 Å². The van der Waals surface area contributed by atoms with Gasteiger partial charge >= 0.3 is 0 Å².